The smallest absolute Gasteiger partial charge is 0.0495 e. The third-order valence-electron chi connectivity index (χ3n) is 2.90. The fourth-order valence-electron chi connectivity index (χ4n) is 2.20. The van der Waals surface area contributed by atoms with Gasteiger partial charge in [-0.2, -0.15) is 0 Å². The molecule has 2 aromatic carbocycles. The largest absolute Gasteiger partial charge is 0.299 e. The molecule has 1 aliphatic carbocycles. The predicted octanol–water partition coefficient (Wildman–Crippen LogP) is 3.82. The number of hydrogen-bond donors (Lipinski definition) is 1. The van der Waals surface area contributed by atoms with Crippen LogP contribution in [0.15, 0.2) is 42.5 Å². The van der Waals surface area contributed by atoms with E-state index in [1.807, 2.05) is 6.07 Å². The summed E-state index contributed by atoms with van der Waals surface area (Å²) in [5.41, 5.74) is 6.40. The van der Waals surface area contributed by atoms with Gasteiger partial charge in [-0.15, -0.1) is 0 Å². The standard InChI is InChI=1S/C13H10ClN/c14-15-11-5-6-13-10(8-11)7-9-3-1-2-4-12(9)13/h1-6,8,15H,7H2. The normalized spacial score (nSPS) is 12.1. The van der Waals surface area contributed by atoms with Crippen LogP contribution in [0, 0.1) is 0 Å². The van der Waals surface area contributed by atoms with Crippen LogP contribution in [0.1, 0.15) is 11.1 Å². The highest BCUT2D eigenvalue weighted by molar-refractivity contribution is 6.24. The number of fused-ring (bicyclic) bond motifs is 3. The first-order chi connectivity index (χ1) is 7.38. The molecule has 0 saturated carbocycles. The van der Waals surface area contributed by atoms with Crippen LogP contribution in [0.5, 0.6) is 0 Å². The lowest BCUT2D eigenvalue weighted by atomic mass is 10.1. The van der Waals surface area contributed by atoms with Crippen LogP contribution in [0.3, 0.4) is 0 Å². The Morgan fingerprint density at radius 2 is 1.73 bits per heavy atom. The van der Waals surface area contributed by atoms with Crippen molar-refractivity contribution in [2.75, 3.05) is 4.84 Å². The third kappa shape index (κ3) is 1.31. The maximum atomic E-state index is 5.59. The van der Waals surface area contributed by atoms with Crippen molar-refractivity contribution in [3.63, 3.8) is 0 Å². The van der Waals surface area contributed by atoms with E-state index in [9.17, 15) is 0 Å². The summed E-state index contributed by atoms with van der Waals surface area (Å²) in [5, 5.41) is 0. The summed E-state index contributed by atoms with van der Waals surface area (Å²) < 4.78 is 0. The summed E-state index contributed by atoms with van der Waals surface area (Å²) in [6.45, 7) is 0. The van der Waals surface area contributed by atoms with Crippen molar-refractivity contribution in [1.29, 1.82) is 0 Å². The van der Waals surface area contributed by atoms with E-state index >= 15 is 0 Å². The summed E-state index contributed by atoms with van der Waals surface area (Å²) >= 11 is 5.59. The van der Waals surface area contributed by atoms with Crippen molar-refractivity contribution in [3.05, 3.63) is 53.6 Å². The van der Waals surface area contributed by atoms with Gasteiger partial charge < -0.3 is 0 Å². The number of rotatable bonds is 1. The molecule has 0 fully saturated rings. The monoisotopic (exact) mass is 215 g/mol. The molecule has 0 bridgehead atoms. The maximum Gasteiger partial charge on any atom is 0.0495 e. The van der Waals surface area contributed by atoms with Gasteiger partial charge in [-0.25, -0.2) is 0 Å². The molecule has 0 radical (unpaired) electrons. The van der Waals surface area contributed by atoms with Crippen LogP contribution >= 0.6 is 11.8 Å². The molecule has 1 aliphatic rings. The lowest BCUT2D eigenvalue weighted by Crippen LogP contribution is -1.84. The van der Waals surface area contributed by atoms with E-state index in [2.05, 4.69) is 41.2 Å². The minimum atomic E-state index is 0.961. The van der Waals surface area contributed by atoms with Crippen LogP contribution < -0.4 is 4.84 Å². The Balaban J connectivity index is 2.18. The molecule has 0 spiro atoms. The molecule has 1 nitrogen and oxygen atoms in total. The second-order valence-corrected chi connectivity index (χ2v) is 3.99. The molecule has 15 heavy (non-hydrogen) atoms. The van der Waals surface area contributed by atoms with Crippen LogP contribution in [-0.4, -0.2) is 0 Å². The summed E-state index contributed by atoms with van der Waals surface area (Å²) in [6.07, 6.45) is 1.01. The lowest BCUT2D eigenvalue weighted by Gasteiger charge is -2.02. The summed E-state index contributed by atoms with van der Waals surface area (Å²) in [7, 11) is 0. The Morgan fingerprint density at radius 3 is 2.60 bits per heavy atom. The first-order valence-corrected chi connectivity index (χ1v) is 5.34. The molecule has 0 aromatic heterocycles. The Kier molecular flexibility index (Phi) is 1.93. The zero-order chi connectivity index (χ0) is 10.3. The highest BCUT2D eigenvalue weighted by atomic mass is 35.5. The topological polar surface area (TPSA) is 12.0 Å². The van der Waals surface area contributed by atoms with E-state index in [1.54, 1.807) is 0 Å². The van der Waals surface area contributed by atoms with Crippen molar-refractivity contribution in [2.45, 2.75) is 6.42 Å². The van der Waals surface area contributed by atoms with Crippen LogP contribution in [0.2, 0.25) is 0 Å². The maximum absolute atomic E-state index is 5.59. The molecular formula is C13H10ClN. The van der Waals surface area contributed by atoms with Gasteiger partial charge in [-0.3, -0.25) is 4.84 Å². The quantitative estimate of drug-likeness (QED) is 0.609. The third-order valence-corrected chi connectivity index (χ3v) is 3.12. The highest BCUT2D eigenvalue weighted by Gasteiger charge is 2.17. The number of halogens is 1. The Hall–Kier alpha value is -1.47. The molecule has 0 aliphatic heterocycles. The second-order valence-electron chi connectivity index (χ2n) is 3.80. The van der Waals surface area contributed by atoms with Gasteiger partial charge in [-0.05, 0) is 40.8 Å². The van der Waals surface area contributed by atoms with E-state index < -0.39 is 0 Å². The van der Waals surface area contributed by atoms with Gasteiger partial charge in [-0.1, -0.05) is 30.3 Å². The number of hydrogen-bond acceptors (Lipinski definition) is 1. The zero-order valence-electron chi connectivity index (χ0n) is 8.13. The molecule has 74 valence electrons. The van der Waals surface area contributed by atoms with Crippen molar-refractivity contribution in [1.82, 2.24) is 0 Å². The van der Waals surface area contributed by atoms with Gasteiger partial charge in [0.05, 0.1) is 0 Å². The van der Waals surface area contributed by atoms with Crippen molar-refractivity contribution < 1.29 is 0 Å². The first kappa shape index (κ1) is 8.81. The molecular weight excluding hydrogens is 206 g/mol. The molecule has 0 saturated heterocycles. The Bertz CT molecular complexity index is 520. The summed E-state index contributed by atoms with van der Waals surface area (Å²) in [6, 6.07) is 14.8. The minimum absolute atomic E-state index is 0.961. The zero-order valence-corrected chi connectivity index (χ0v) is 8.88. The van der Waals surface area contributed by atoms with Gasteiger partial charge >= 0.3 is 0 Å². The van der Waals surface area contributed by atoms with Crippen molar-refractivity contribution in [3.8, 4) is 11.1 Å². The van der Waals surface area contributed by atoms with Crippen molar-refractivity contribution >= 4 is 17.5 Å². The number of anilines is 1. The number of nitrogens with one attached hydrogen (secondary N) is 1. The average molecular weight is 216 g/mol. The molecule has 0 unspecified atom stereocenters. The average Bonchev–Trinajstić information content (AvgIpc) is 2.66. The minimum Gasteiger partial charge on any atom is -0.299 e. The SMILES string of the molecule is ClNc1ccc2c(c1)Cc1ccccc1-2. The van der Waals surface area contributed by atoms with E-state index in [-0.39, 0.29) is 0 Å². The van der Waals surface area contributed by atoms with Gasteiger partial charge in [0, 0.05) is 17.5 Å². The summed E-state index contributed by atoms with van der Waals surface area (Å²) in [5.74, 6) is 0. The van der Waals surface area contributed by atoms with Crippen LogP contribution in [-0.2, 0) is 6.42 Å². The highest BCUT2D eigenvalue weighted by Crippen LogP contribution is 2.37. The summed E-state index contributed by atoms with van der Waals surface area (Å²) in [4.78, 5) is 2.66. The van der Waals surface area contributed by atoms with E-state index in [1.165, 1.54) is 22.3 Å². The molecule has 2 aromatic rings. The van der Waals surface area contributed by atoms with Gasteiger partial charge in [0.25, 0.3) is 0 Å². The predicted molar refractivity (Wildman–Crippen MR) is 64.2 cm³/mol. The van der Waals surface area contributed by atoms with Crippen LogP contribution in [0.4, 0.5) is 5.69 Å². The Labute approximate surface area is 93.8 Å². The van der Waals surface area contributed by atoms with E-state index in [4.69, 9.17) is 11.8 Å². The molecule has 0 amide bonds. The number of benzene rings is 2. The molecule has 1 N–H and O–H groups in total. The van der Waals surface area contributed by atoms with Gasteiger partial charge in [0.1, 0.15) is 0 Å². The fraction of sp³-hybridized carbons (Fsp3) is 0.0769. The molecule has 2 heteroatoms. The molecule has 0 heterocycles. The molecule has 0 atom stereocenters. The van der Waals surface area contributed by atoms with E-state index in [0.717, 1.165) is 12.1 Å². The Morgan fingerprint density at radius 1 is 0.933 bits per heavy atom. The van der Waals surface area contributed by atoms with Gasteiger partial charge in [0.2, 0.25) is 0 Å². The van der Waals surface area contributed by atoms with Crippen molar-refractivity contribution in [2.24, 2.45) is 0 Å². The molecule has 3 rings (SSSR count). The fourth-order valence-corrected chi connectivity index (χ4v) is 2.32. The van der Waals surface area contributed by atoms with Crippen LogP contribution in [0.25, 0.3) is 11.1 Å². The van der Waals surface area contributed by atoms with Gasteiger partial charge in [0.15, 0.2) is 0 Å². The lowest BCUT2D eigenvalue weighted by molar-refractivity contribution is 1.26. The van der Waals surface area contributed by atoms with E-state index in [0.29, 0.717) is 0 Å². The second kappa shape index (κ2) is 3.28. The first-order valence-electron chi connectivity index (χ1n) is 4.96.